The van der Waals surface area contributed by atoms with Crippen molar-refractivity contribution in [2.75, 3.05) is 25.4 Å². The number of rotatable bonds is 5. The Morgan fingerprint density at radius 3 is 2.36 bits per heavy atom. The third-order valence-electron chi connectivity index (χ3n) is 5.05. The van der Waals surface area contributed by atoms with Crippen molar-refractivity contribution in [3.05, 3.63) is 35.9 Å². The molecule has 7 nitrogen and oxygen atoms in total. The van der Waals surface area contributed by atoms with Crippen LogP contribution in [0, 0.1) is 0 Å². The highest BCUT2D eigenvalue weighted by atomic mass is 32.2. The molecule has 136 valence electrons. The molecule has 0 saturated carbocycles. The average Bonchev–Trinajstić information content (AvgIpc) is 2.84. The zero-order chi connectivity index (χ0) is 18.1. The van der Waals surface area contributed by atoms with Crippen LogP contribution < -0.4 is 5.32 Å². The topological polar surface area (TPSA) is 86.8 Å². The first-order chi connectivity index (χ1) is 11.9. The van der Waals surface area contributed by atoms with E-state index >= 15 is 0 Å². The van der Waals surface area contributed by atoms with E-state index in [0.29, 0.717) is 25.8 Å². The van der Waals surface area contributed by atoms with Crippen molar-refractivity contribution in [1.29, 1.82) is 0 Å². The highest BCUT2D eigenvalue weighted by Gasteiger charge is 2.52. The number of imide groups is 1. The SMILES string of the molecule is CCS(=O)(=O)N1CCC2(CC1)NC(=O)N(CCc1ccccc1)C2=O. The fraction of sp³-hybridized carbons (Fsp3) is 0.529. The predicted octanol–water partition coefficient (Wildman–Crippen LogP) is 0.965. The smallest absolute Gasteiger partial charge is 0.323 e. The van der Waals surface area contributed by atoms with Crippen molar-refractivity contribution in [3.63, 3.8) is 0 Å². The number of urea groups is 1. The second-order valence-electron chi connectivity index (χ2n) is 6.50. The maximum absolute atomic E-state index is 12.8. The van der Waals surface area contributed by atoms with Crippen molar-refractivity contribution in [2.24, 2.45) is 0 Å². The minimum Gasteiger partial charge on any atom is -0.323 e. The van der Waals surface area contributed by atoms with Crippen molar-refractivity contribution < 1.29 is 18.0 Å². The van der Waals surface area contributed by atoms with E-state index in [0.717, 1.165) is 5.56 Å². The van der Waals surface area contributed by atoms with Gasteiger partial charge in [0.15, 0.2) is 0 Å². The largest absolute Gasteiger partial charge is 0.325 e. The lowest BCUT2D eigenvalue weighted by atomic mass is 9.88. The molecule has 1 N–H and O–H groups in total. The summed E-state index contributed by atoms with van der Waals surface area (Å²) in [4.78, 5) is 26.4. The normalized spacial score (nSPS) is 20.9. The van der Waals surface area contributed by atoms with Crippen molar-refractivity contribution in [2.45, 2.75) is 31.7 Å². The van der Waals surface area contributed by atoms with Crippen LogP contribution in [0.25, 0.3) is 0 Å². The van der Waals surface area contributed by atoms with Crippen LogP contribution in [0.1, 0.15) is 25.3 Å². The summed E-state index contributed by atoms with van der Waals surface area (Å²) < 4.78 is 25.3. The molecule has 3 amide bonds. The molecule has 2 aliphatic heterocycles. The summed E-state index contributed by atoms with van der Waals surface area (Å²) in [6.45, 7) is 2.45. The minimum atomic E-state index is -3.26. The molecule has 3 rings (SSSR count). The summed E-state index contributed by atoms with van der Waals surface area (Å²) in [6, 6.07) is 9.31. The van der Waals surface area contributed by atoms with E-state index in [1.165, 1.54) is 9.21 Å². The van der Waals surface area contributed by atoms with E-state index in [1.54, 1.807) is 6.92 Å². The Labute approximate surface area is 148 Å². The summed E-state index contributed by atoms with van der Waals surface area (Å²) in [5.74, 6) is -0.189. The monoisotopic (exact) mass is 365 g/mol. The molecule has 1 spiro atoms. The fourth-order valence-corrected chi connectivity index (χ4v) is 4.54. The second kappa shape index (κ2) is 6.76. The molecule has 0 unspecified atom stereocenters. The molecule has 2 aliphatic rings. The van der Waals surface area contributed by atoms with Gasteiger partial charge in [0, 0.05) is 19.6 Å². The summed E-state index contributed by atoms with van der Waals surface area (Å²) in [5.41, 5.74) is 0.112. The summed E-state index contributed by atoms with van der Waals surface area (Å²) in [6.07, 6.45) is 1.24. The number of nitrogens with zero attached hydrogens (tertiary/aromatic N) is 2. The van der Waals surface area contributed by atoms with E-state index < -0.39 is 15.6 Å². The van der Waals surface area contributed by atoms with Gasteiger partial charge < -0.3 is 5.32 Å². The molecule has 2 heterocycles. The Morgan fingerprint density at radius 2 is 1.76 bits per heavy atom. The van der Waals surface area contributed by atoms with E-state index in [9.17, 15) is 18.0 Å². The lowest BCUT2D eigenvalue weighted by molar-refractivity contribution is -0.132. The molecule has 1 aromatic carbocycles. The Bertz CT molecular complexity index is 755. The molecule has 2 fully saturated rings. The average molecular weight is 365 g/mol. The van der Waals surface area contributed by atoms with Gasteiger partial charge in [-0.05, 0) is 31.7 Å². The lowest BCUT2D eigenvalue weighted by Gasteiger charge is -2.36. The van der Waals surface area contributed by atoms with Gasteiger partial charge >= 0.3 is 6.03 Å². The first kappa shape index (κ1) is 17.9. The zero-order valence-corrected chi connectivity index (χ0v) is 15.1. The standard InChI is InChI=1S/C17H23N3O4S/c1-2-25(23,24)19-12-9-17(10-13-19)15(21)20(16(22)18-17)11-8-14-6-4-3-5-7-14/h3-7H,2,8-13H2,1H3,(H,18,22). The molecule has 25 heavy (non-hydrogen) atoms. The first-order valence-corrected chi connectivity index (χ1v) is 10.1. The molecule has 0 bridgehead atoms. The quantitative estimate of drug-likeness (QED) is 0.788. The van der Waals surface area contributed by atoms with Gasteiger partial charge in [0.2, 0.25) is 10.0 Å². The number of hydrogen-bond donors (Lipinski definition) is 1. The molecule has 8 heteroatoms. The summed E-state index contributed by atoms with van der Waals surface area (Å²) in [5, 5.41) is 2.81. The Balaban J connectivity index is 1.65. The molecule has 0 aliphatic carbocycles. The number of benzene rings is 1. The van der Waals surface area contributed by atoms with Crippen LogP contribution in [0.5, 0.6) is 0 Å². The Hall–Kier alpha value is -1.93. The molecule has 0 atom stereocenters. The minimum absolute atomic E-state index is 0.0451. The Morgan fingerprint density at radius 1 is 1.12 bits per heavy atom. The van der Waals surface area contributed by atoms with Crippen molar-refractivity contribution in [3.8, 4) is 0 Å². The number of sulfonamides is 1. The number of piperidine rings is 1. The third-order valence-corrected chi connectivity index (χ3v) is 6.93. The third kappa shape index (κ3) is 3.41. The van der Waals surface area contributed by atoms with Gasteiger partial charge in [0.1, 0.15) is 5.54 Å². The molecule has 2 saturated heterocycles. The van der Waals surface area contributed by atoms with Crippen molar-refractivity contribution >= 4 is 22.0 Å². The van der Waals surface area contributed by atoms with Crippen LogP contribution >= 0.6 is 0 Å². The van der Waals surface area contributed by atoms with E-state index in [1.807, 2.05) is 30.3 Å². The van der Waals surface area contributed by atoms with Gasteiger partial charge in [0.05, 0.1) is 5.75 Å². The maximum Gasteiger partial charge on any atom is 0.325 e. The molecular formula is C17H23N3O4S. The number of amides is 3. The number of carbonyl (C=O) groups excluding carboxylic acids is 2. The van der Waals surface area contributed by atoms with Crippen LogP contribution in [0.4, 0.5) is 4.79 Å². The molecular weight excluding hydrogens is 342 g/mol. The van der Waals surface area contributed by atoms with Crippen LogP contribution in [-0.2, 0) is 21.2 Å². The fourth-order valence-electron chi connectivity index (χ4n) is 3.43. The maximum atomic E-state index is 12.8. The van der Waals surface area contributed by atoms with Gasteiger partial charge in [-0.15, -0.1) is 0 Å². The van der Waals surface area contributed by atoms with Gasteiger partial charge in [-0.3, -0.25) is 9.69 Å². The molecule has 1 aromatic rings. The summed E-state index contributed by atoms with van der Waals surface area (Å²) >= 11 is 0. The number of carbonyl (C=O) groups is 2. The van der Waals surface area contributed by atoms with Gasteiger partial charge in [-0.1, -0.05) is 30.3 Å². The van der Waals surface area contributed by atoms with Crippen LogP contribution in [-0.4, -0.2) is 60.5 Å². The lowest BCUT2D eigenvalue weighted by Crippen LogP contribution is -2.56. The van der Waals surface area contributed by atoms with Gasteiger partial charge in [0.25, 0.3) is 5.91 Å². The zero-order valence-electron chi connectivity index (χ0n) is 14.3. The summed E-state index contributed by atoms with van der Waals surface area (Å²) in [7, 11) is -3.26. The van der Waals surface area contributed by atoms with Crippen LogP contribution in [0.2, 0.25) is 0 Å². The first-order valence-electron chi connectivity index (χ1n) is 8.54. The number of nitrogens with one attached hydrogen (secondary N) is 1. The van der Waals surface area contributed by atoms with Gasteiger partial charge in [-0.25, -0.2) is 17.5 Å². The predicted molar refractivity (Wildman–Crippen MR) is 93.4 cm³/mol. The number of hydrogen-bond acceptors (Lipinski definition) is 4. The van der Waals surface area contributed by atoms with E-state index in [4.69, 9.17) is 0 Å². The van der Waals surface area contributed by atoms with E-state index in [2.05, 4.69) is 5.32 Å². The van der Waals surface area contributed by atoms with E-state index in [-0.39, 0.29) is 30.8 Å². The highest BCUT2D eigenvalue weighted by Crippen LogP contribution is 2.30. The van der Waals surface area contributed by atoms with Crippen LogP contribution in [0.15, 0.2) is 30.3 Å². The highest BCUT2D eigenvalue weighted by molar-refractivity contribution is 7.89. The molecule has 0 aromatic heterocycles. The second-order valence-corrected chi connectivity index (χ2v) is 8.76. The molecule has 0 radical (unpaired) electrons. The Kier molecular flexibility index (Phi) is 4.83. The van der Waals surface area contributed by atoms with Crippen LogP contribution in [0.3, 0.4) is 0 Å². The van der Waals surface area contributed by atoms with Crippen molar-refractivity contribution in [1.82, 2.24) is 14.5 Å². The van der Waals surface area contributed by atoms with Gasteiger partial charge in [-0.2, -0.15) is 0 Å².